The van der Waals surface area contributed by atoms with E-state index in [2.05, 4.69) is 65.7 Å². The van der Waals surface area contributed by atoms with Crippen LogP contribution in [0.25, 0.3) is 0 Å². The van der Waals surface area contributed by atoms with Gasteiger partial charge in [-0.15, -0.1) is 35.3 Å². The predicted molar refractivity (Wildman–Crippen MR) is 115 cm³/mol. The van der Waals surface area contributed by atoms with Gasteiger partial charge in [0, 0.05) is 25.5 Å². The Morgan fingerprint density at radius 3 is 2.75 bits per heavy atom. The monoisotopic (exact) mass is 458 g/mol. The molecule has 0 atom stereocenters. The van der Waals surface area contributed by atoms with Crippen LogP contribution in [0, 0.1) is 13.8 Å². The third kappa shape index (κ3) is 6.76. The van der Waals surface area contributed by atoms with E-state index in [0.29, 0.717) is 0 Å². The largest absolute Gasteiger partial charge is 0.357 e. The van der Waals surface area contributed by atoms with Crippen LogP contribution in [0.2, 0.25) is 0 Å². The third-order valence-electron chi connectivity index (χ3n) is 3.51. The first-order valence-electron chi connectivity index (χ1n) is 8.04. The lowest BCUT2D eigenvalue weighted by molar-refractivity contribution is 0.471. The number of aliphatic imine (C=N–C) groups is 1. The number of aromatic nitrogens is 1. The number of nitrogens with one attached hydrogen (secondary N) is 1. The maximum absolute atomic E-state index is 4.75. The molecule has 1 heterocycles. The van der Waals surface area contributed by atoms with Crippen LogP contribution in [-0.4, -0.2) is 36.0 Å². The molecule has 6 heteroatoms. The SMILES string of the molecule is CCNC(=NCCc1cccc(C)c1)N(C)Cc1csc(C)n1.I. The molecular formula is C18H27IN4S. The van der Waals surface area contributed by atoms with Crippen molar-refractivity contribution in [3.63, 3.8) is 0 Å². The lowest BCUT2D eigenvalue weighted by atomic mass is 10.1. The molecule has 0 amide bonds. The maximum atomic E-state index is 4.75. The van der Waals surface area contributed by atoms with E-state index in [1.807, 2.05) is 6.92 Å². The van der Waals surface area contributed by atoms with Crippen molar-refractivity contribution < 1.29 is 0 Å². The van der Waals surface area contributed by atoms with Crippen LogP contribution in [0.1, 0.15) is 28.8 Å². The molecule has 0 fully saturated rings. The van der Waals surface area contributed by atoms with E-state index in [9.17, 15) is 0 Å². The number of rotatable bonds is 6. The van der Waals surface area contributed by atoms with E-state index in [1.165, 1.54) is 11.1 Å². The van der Waals surface area contributed by atoms with Gasteiger partial charge >= 0.3 is 0 Å². The van der Waals surface area contributed by atoms with Crippen LogP contribution in [0.5, 0.6) is 0 Å². The van der Waals surface area contributed by atoms with Crippen molar-refractivity contribution in [1.29, 1.82) is 0 Å². The first-order chi connectivity index (χ1) is 11.1. The van der Waals surface area contributed by atoms with E-state index in [4.69, 9.17) is 4.99 Å². The smallest absolute Gasteiger partial charge is 0.194 e. The van der Waals surface area contributed by atoms with Gasteiger partial charge in [0.15, 0.2) is 5.96 Å². The molecule has 24 heavy (non-hydrogen) atoms. The van der Waals surface area contributed by atoms with Gasteiger partial charge in [0.1, 0.15) is 0 Å². The molecule has 0 aliphatic rings. The van der Waals surface area contributed by atoms with Gasteiger partial charge in [0.05, 0.1) is 17.2 Å². The van der Waals surface area contributed by atoms with Gasteiger partial charge in [0.25, 0.3) is 0 Å². The van der Waals surface area contributed by atoms with Crippen LogP contribution in [0.4, 0.5) is 0 Å². The van der Waals surface area contributed by atoms with Crippen molar-refractivity contribution in [2.75, 3.05) is 20.1 Å². The molecule has 0 spiro atoms. The summed E-state index contributed by atoms with van der Waals surface area (Å²) in [6, 6.07) is 8.62. The summed E-state index contributed by atoms with van der Waals surface area (Å²) < 4.78 is 0. The Morgan fingerprint density at radius 1 is 1.33 bits per heavy atom. The summed E-state index contributed by atoms with van der Waals surface area (Å²) in [4.78, 5) is 11.4. The van der Waals surface area contributed by atoms with Gasteiger partial charge in [-0.1, -0.05) is 29.8 Å². The summed E-state index contributed by atoms with van der Waals surface area (Å²) in [6.07, 6.45) is 0.959. The number of hydrogen-bond acceptors (Lipinski definition) is 3. The second-order valence-corrected chi connectivity index (χ2v) is 6.75. The fourth-order valence-electron chi connectivity index (χ4n) is 2.43. The standard InChI is InChI=1S/C18H26N4S.HI/c1-5-19-18(22(4)12-17-13-23-15(3)21-17)20-10-9-16-8-6-7-14(2)11-16;/h6-8,11,13H,5,9-10,12H2,1-4H3,(H,19,20);1H. The highest BCUT2D eigenvalue weighted by Gasteiger charge is 2.08. The van der Waals surface area contributed by atoms with Gasteiger partial charge in [-0.05, 0) is 32.8 Å². The highest BCUT2D eigenvalue weighted by molar-refractivity contribution is 14.0. The first-order valence-corrected chi connectivity index (χ1v) is 8.92. The Morgan fingerprint density at radius 2 is 2.12 bits per heavy atom. The zero-order valence-electron chi connectivity index (χ0n) is 14.9. The Balaban J connectivity index is 0.00000288. The quantitative estimate of drug-likeness (QED) is 0.404. The van der Waals surface area contributed by atoms with Gasteiger partial charge in [-0.25, -0.2) is 4.98 Å². The lowest BCUT2D eigenvalue weighted by Crippen LogP contribution is -2.38. The highest BCUT2D eigenvalue weighted by atomic mass is 127. The van der Waals surface area contributed by atoms with Crippen molar-refractivity contribution in [1.82, 2.24) is 15.2 Å². The summed E-state index contributed by atoms with van der Waals surface area (Å²) in [5.41, 5.74) is 3.73. The molecular weight excluding hydrogens is 431 g/mol. The molecule has 0 bridgehead atoms. The van der Waals surface area contributed by atoms with E-state index in [-0.39, 0.29) is 24.0 Å². The number of benzene rings is 1. The molecule has 0 saturated heterocycles. The second kappa shape index (κ2) is 10.7. The minimum absolute atomic E-state index is 0. The molecule has 0 aliphatic heterocycles. The maximum Gasteiger partial charge on any atom is 0.194 e. The van der Waals surface area contributed by atoms with Crippen molar-refractivity contribution in [3.05, 3.63) is 51.5 Å². The average Bonchev–Trinajstić information content (AvgIpc) is 2.91. The Kier molecular flexibility index (Phi) is 9.28. The molecule has 2 aromatic rings. The Labute approximate surface area is 166 Å². The summed E-state index contributed by atoms with van der Waals surface area (Å²) in [6.45, 7) is 8.68. The van der Waals surface area contributed by atoms with Gasteiger partial charge in [0.2, 0.25) is 0 Å². The zero-order chi connectivity index (χ0) is 16.7. The number of halogens is 1. The fraction of sp³-hybridized carbons (Fsp3) is 0.444. The van der Waals surface area contributed by atoms with Crippen LogP contribution in [-0.2, 0) is 13.0 Å². The Bertz CT molecular complexity index is 654. The number of thiazole rings is 1. The topological polar surface area (TPSA) is 40.5 Å². The number of hydrogen-bond donors (Lipinski definition) is 1. The van der Waals surface area contributed by atoms with Crippen LogP contribution < -0.4 is 5.32 Å². The molecule has 1 aromatic heterocycles. The molecule has 1 N–H and O–H groups in total. The van der Waals surface area contributed by atoms with Crippen molar-refractivity contribution in [2.24, 2.45) is 4.99 Å². The minimum Gasteiger partial charge on any atom is -0.357 e. The lowest BCUT2D eigenvalue weighted by Gasteiger charge is -2.21. The summed E-state index contributed by atoms with van der Waals surface area (Å²) >= 11 is 1.69. The second-order valence-electron chi connectivity index (χ2n) is 5.69. The van der Waals surface area contributed by atoms with E-state index < -0.39 is 0 Å². The predicted octanol–water partition coefficient (Wildman–Crippen LogP) is 4.02. The van der Waals surface area contributed by atoms with Gasteiger partial charge in [-0.3, -0.25) is 4.99 Å². The normalized spacial score (nSPS) is 11.1. The van der Waals surface area contributed by atoms with Crippen LogP contribution in [0.3, 0.4) is 0 Å². The molecule has 0 aliphatic carbocycles. The van der Waals surface area contributed by atoms with Crippen LogP contribution in [0.15, 0.2) is 34.6 Å². The number of aryl methyl sites for hydroxylation is 2. The molecule has 4 nitrogen and oxygen atoms in total. The summed E-state index contributed by atoms with van der Waals surface area (Å²) in [7, 11) is 2.06. The highest BCUT2D eigenvalue weighted by Crippen LogP contribution is 2.10. The first kappa shape index (κ1) is 20.9. The number of guanidine groups is 1. The van der Waals surface area contributed by atoms with Gasteiger partial charge < -0.3 is 10.2 Å². The molecule has 0 radical (unpaired) electrons. The summed E-state index contributed by atoms with van der Waals surface area (Å²) in [5.74, 6) is 0.936. The van der Waals surface area contributed by atoms with E-state index in [0.717, 1.165) is 42.7 Å². The third-order valence-corrected chi connectivity index (χ3v) is 4.33. The zero-order valence-corrected chi connectivity index (χ0v) is 18.0. The van der Waals surface area contributed by atoms with E-state index in [1.54, 1.807) is 11.3 Å². The van der Waals surface area contributed by atoms with Gasteiger partial charge in [-0.2, -0.15) is 0 Å². The Hall–Kier alpha value is -1.15. The van der Waals surface area contributed by atoms with Crippen molar-refractivity contribution in [3.8, 4) is 0 Å². The molecule has 0 unspecified atom stereocenters. The van der Waals surface area contributed by atoms with E-state index >= 15 is 0 Å². The van der Waals surface area contributed by atoms with Crippen LogP contribution >= 0.6 is 35.3 Å². The molecule has 132 valence electrons. The molecule has 0 saturated carbocycles. The fourth-order valence-corrected chi connectivity index (χ4v) is 3.03. The molecule has 1 aromatic carbocycles. The average molecular weight is 458 g/mol. The van der Waals surface area contributed by atoms with Crippen molar-refractivity contribution in [2.45, 2.75) is 33.7 Å². The molecule has 2 rings (SSSR count). The minimum atomic E-state index is 0. The summed E-state index contributed by atoms with van der Waals surface area (Å²) in [5, 5.41) is 6.58. The van der Waals surface area contributed by atoms with Crippen molar-refractivity contribution >= 4 is 41.3 Å². The number of nitrogens with zero attached hydrogens (tertiary/aromatic N) is 3.